The van der Waals surface area contributed by atoms with E-state index in [0.29, 0.717) is 25.7 Å². The van der Waals surface area contributed by atoms with E-state index in [4.69, 9.17) is 16.3 Å². The first kappa shape index (κ1) is 22.7. The first-order valence-corrected chi connectivity index (χ1v) is 10.4. The Balaban J connectivity index is 1.59. The molecule has 3 aromatic rings. The van der Waals surface area contributed by atoms with Gasteiger partial charge in [0, 0.05) is 32.7 Å². The van der Waals surface area contributed by atoms with Crippen molar-refractivity contribution in [3.8, 4) is 0 Å². The number of imidazole rings is 1. The maximum absolute atomic E-state index is 13.1. The summed E-state index contributed by atoms with van der Waals surface area (Å²) in [4.78, 5) is 29.1. The number of amides is 2. The monoisotopic (exact) mass is 446 g/mol. The van der Waals surface area contributed by atoms with Crippen LogP contribution in [0.3, 0.4) is 0 Å². The summed E-state index contributed by atoms with van der Waals surface area (Å²) in [6, 6.07) is 11.2. The first-order chi connectivity index (χ1) is 15.0. The maximum atomic E-state index is 13.1. The molecule has 0 saturated heterocycles. The summed E-state index contributed by atoms with van der Waals surface area (Å²) in [6.07, 6.45) is 0.832. The fourth-order valence-corrected chi connectivity index (χ4v) is 3.36. The molecule has 31 heavy (non-hydrogen) atoms. The van der Waals surface area contributed by atoms with E-state index in [1.807, 2.05) is 35.8 Å². The van der Waals surface area contributed by atoms with Crippen LogP contribution in [-0.2, 0) is 16.1 Å². The molecule has 0 unspecified atom stereocenters. The highest BCUT2D eigenvalue weighted by molar-refractivity contribution is 6.33. The van der Waals surface area contributed by atoms with Crippen LogP contribution in [0.4, 0.5) is 10.3 Å². The Kier molecular flexibility index (Phi) is 7.97. The minimum Gasteiger partial charge on any atom is -0.382 e. The highest BCUT2D eigenvalue weighted by Crippen LogP contribution is 2.20. The van der Waals surface area contributed by atoms with Crippen LogP contribution in [0.25, 0.3) is 11.0 Å². The number of nitrogens with zero attached hydrogens (tertiary/aromatic N) is 2. The average molecular weight is 447 g/mol. The van der Waals surface area contributed by atoms with Crippen LogP contribution < -0.4 is 10.6 Å². The summed E-state index contributed by atoms with van der Waals surface area (Å²) in [5.74, 6) is -0.825. The second-order valence-electron chi connectivity index (χ2n) is 6.80. The van der Waals surface area contributed by atoms with Crippen LogP contribution >= 0.6 is 11.6 Å². The second-order valence-corrected chi connectivity index (χ2v) is 7.21. The molecule has 2 aromatic carbocycles. The number of nitrogens with one attached hydrogen (secondary N) is 2. The van der Waals surface area contributed by atoms with Crippen LogP contribution in [0.2, 0.25) is 5.02 Å². The smallest absolute Gasteiger partial charge is 0.252 e. The molecule has 7 nitrogen and oxygen atoms in total. The van der Waals surface area contributed by atoms with Crippen LogP contribution in [0.1, 0.15) is 30.1 Å². The molecule has 3 rings (SSSR count). The molecule has 2 N–H and O–H groups in total. The predicted octanol–water partition coefficient (Wildman–Crippen LogP) is 4.01. The Bertz CT molecular complexity index is 1070. The third-order valence-corrected chi connectivity index (χ3v) is 4.91. The molecule has 164 valence electrons. The number of carbonyl (C=O) groups is 2. The Morgan fingerprint density at radius 2 is 2.03 bits per heavy atom. The molecule has 1 heterocycles. The predicted molar refractivity (Wildman–Crippen MR) is 118 cm³/mol. The van der Waals surface area contributed by atoms with Gasteiger partial charge in [-0.3, -0.25) is 14.9 Å². The van der Waals surface area contributed by atoms with Gasteiger partial charge in [-0.2, -0.15) is 0 Å². The molecule has 0 bridgehead atoms. The van der Waals surface area contributed by atoms with Crippen molar-refractivity contribution in [3.05, 3.63) is 58.9 Å². The SMILES string of the molecule is CCOCCCn1c(NC(=O)CCNC(=O)c2ccc(F)cc2Cl)nc2ccccc21. The van der Waals surface area contributed by atoms with E-state index in [1.54, 1.807) is 0 Å². The summed E-state index contributed by atoms with van der Waals surface area (Å²) in [5.41, 5.74) is 1.86. The van der Waals surface area contributed by atoms with Gasteiger partial charge in [-0.1, -0.05) is 23.7 Å². The van der Waals surface area contributed by atoms with E-state index in [0.717, 1.165) is 29.6 Å². The van der Waals surface area contributed by atoms with Gasteiger partial charge in [0.15, 0.2) is 0 Å². The quantitative estimate of drug-likeness (QED) is 0.461. The van der Waals surface area contributed by atoms with E-state index in [2.05, 4.69) is 15.6 Å². The standard InChI is InChI=1S/C22H24ClFN4O3/c1-2-31-13-5-12-28-19-7-4-3-6-18(19)26-22(28)27-20(29)10-11-25-21(30)16-9-8-15(24)14-17(16)23/h3-4,6-9,14H,2,5,10-13H2,1H3,(H,25,30)(H,26,27,29). The highest BCUT2D eigenvalue weighted by atomic mass is 35.5. The number of aromatic nitrogens is 2. The third kappa shape index (κ3) is 6.02. The Hall–Kier alpha value is -2.97. The number of halogens is 2. The molecule has 0 spiro atoms. The number of aryl methyl sites for hydroxylation is 1. The number of hydrogen-bond acceptors (Lipinski definition) is 4. The van der Waals surface area contributed by atoms with Gasteiger partial charge in [0.2, 0.25) is 11.9 Å². The number of carbonyl (C=O) groups excluding carboxylic acids is 2. The van der Waals surface area contributed by atoms with Gasteiger partial charge < -0.3 is 14.6 Å². The van der Waals surface area contributed by atoms with Gasteiger partial charge >= 0.3 is 0 Å². The van der Waals surface area contributed by atoms with Gasteiger partial charge in [-0.15, -0.1) is 0 Å². The van der Waals surface area contributed by atoms with E-state index < -0.39 is 11.7 Å². The molecule has 0 saturated carbocycles. The lowest BCUT2D eigenvalue weighted by atomic mass is 10.2. The summed E-state index contributed by atoms with van der Waals surface area (Å²) >= 11 is 5.89. The van der Waals surface area contributed by atoms with Crippen LogP contribution in [-0.4, -0.2) is 41.1 Å². The zero-order chi connectivity index (χ0) is 22.2. The molecule has 9 heteroatoms. The molecule has 1 aromatic heterocycles. The summed E-state index contributed by atoms with van der Waals surface area (Å²) in [7, 11) is 0. The lowest BCUT2D eigenvalue weighted by molar-refractivity contribution is -0.116. The largest absolute Gasteiger partial charge is 0.382 e. The van der Waals surface area contributed by atoms with Crippen molar-refractivity contribution >= 4 is 40.4 Å². The molecule has 0 radical (unpaired) electrons. The lowest BCUT2D eigenvalue weighted by Crippen LogP contribution is -2.28. The summed E-state index contributed by atoms with van der Waals surface area (Å²) in [5, 5.41) is 5.45. The molecule has 0 fully saturated rings. The fraction of sp³-hybridized carbons (Fsp3) is 0.318. The summed E-state index contributed by atoms with van der Waals surface area (Å²) < 4.78 is 20.5. The number of rotatable bonds is 10. The maximum Gasteiger partial charge on any atom is 0.252 e. The molecular formula is C22H24ClFN4O3. The van der Waals surface area contributed by atoms with Crippen molar-refractivity contribution in [2.45, 2.75) is 26.3 Å². The Morgan fingerprint density at radius 1 is 1.23 bits per heavy atom. The number of fused-ring (bicyclic) bond motifs is 1. The molecule has 0 aliphatic carbocycles. The number of ether oxygens (including phenoxy) is 1. The van der Waals surface area contributed by atoms with Gasteiger partial charge in [0.25, 0.3) is 5.91 Å². The fourth-order valence-electron chi connectivity index (χ4n) is 3.11. The topological polar surface area (TPSA) is 85.2 Å². The normalized spacial score (nSPS) is 10.9. The van der Waals surface area contributed by atoms with E-state index in [-0.39, 0.29) is 29.5 Å². The van der Waals surface area contributed by atoms with E-state index in [1.165, 1.54) is 6.07 Å². The summed E-state index contributed by atoms with van der Waals surface area (Å²) in [6.45, 7) is 3.97. The van der Waals surface area contributed by atoms with Gasteiger partial charge in [-0.05, 0) is 43.7 Å². The van der Waals surface area contributed by atoms with Crippen LogP contribution in [0.5, 0.6) is 0 Å². The van der Waals surface area contributed by atoms with E-state index in [9.17, 15) is 14.0 Å². The van der Waals surface area contributed by atoms with Crippen molar-refractivity contribution in [1.29, 1.82) is 0 Å². The third-order valence-electron chi connectivity index (χ3n) is 4.59. The minimum absolute atomic E-state index is 0.0164. The van der Waals surface area contributed by atoms with E-state index >= 15 is 0 Å². The Morgan fingerprint density at radius 3 is 2.81 bits per heavy atom. The number of benzene rings is 2. The zero-order valence-corrected chi connectivity index (χ0v) is 17.9. The van der Waals surface area contributed by atoms with Crippen LogP contribution in [0, 0.1) is 5.82 Å². The number of para-hydroxylation sites is 2. The van der Waals surface area contributed by atoms with Crippen molar-refractivity contribution in [2.75, 3.05) is 25.1 Å². The van der Waals surface area contributed by atoms with Crippen LogP contribution in [0.15, 0.2) is 42.5 Å². The molecular weight excluding hydrogens is 423 g/mol. The molecule has 0 aliphatic heterocycles. The first-order valence-electron chi connectivity index (χ1n) is 10.1. The number of hydrogen-bond donors (Lipinski definition) is 2. The van der Waals surface area contributed by atoms with Crippen molar-refractivity contribution in [2.24, 2.45) is 0 Å². The number of anilines is 1. The Labute approximate surface area is 184 Å². The highest BCUT2D eigenvalue weighted by Gasteiger charge is 2.14. The molecule has 0 atom stereocenters. The van der Waals surface area contributed by atoms with Gasteiger partial charge in [0.05, 0.1) is 21.6 Å². The van der Waals surface area contributed by atoms with Crippen molar-refractivity contribution < 1.29 is 18.7 Å². The average Bonchev–Trinajstić information content (AvgIpc) is 3.08. The molecule has 2 amide bonds. The molecule has 0 aliphatic rings. The van der Waals surface area contributed by atoms with Crippen molar-refractivity contribution in [3.63, 3.8) is 0 Å². The van der Waals surface area contributed by atoms with Gasteiger partial charge in [-0.25, -0.2) is 9.37 Å². The second kappa shape index (κ2) is 10.9. The van der Waals surface area contributed by atoms with Crippen molar-refractivity contribution in [1.82, 2.24) is 14.9 Å². The van der Waals surface area contributed by atoms with Gasteiger partial charge in [0.1, 0.15) is 5.82 Å². The minimum atomic E-state index is -0.523. The lowest BCUT2D eigenvalue weighted by Gasteiger charge is -2.11. The zero-order valence-electron chi connectivity index (χ0n) is 17.2.